The summed E-state index contributed by atoms with van der Waals surface area (Å²) in [5.74, 6) is 0. The maximum absolute atomic E-state index is 3.31. The Bertz CT molecular complexity index is 138. The van der Waals surface area contributed by atoms with E-state index in [-0.39, 0.29) is 27.7 Å². The monoisotopic (exact) mass is 358 g/mol. The van der Waals surface area contributed by atoms with Crippen molar-refractivity contribution in [3.8, 4) is 0 Å². The second kappa shape index (κ2) is 4.51. The van der Waals surface area contributed by atoms with Crippen LogP contribution >= 0.6 is 15.9 Å². The van der Waals surface area contributed by atoms with Crippen LogP contribution in [-0.4, -0.2) is 0 Å². The summed E-state index contributed by atoms with van der Waals surface area (Å²) in [5.41, 5.74) is 0. The third-order valence-electron chi connectivity index (χ3n) is 0.733. The van der Waals surface area contributed by atoms with Gasteiger partial charge in [-0.05, 0) is 12.1 Å². The second-order valence-corrected chi connectivity index (χ2v) is 2.21. The van der Waals surface area contributed by atoms with E-state index in [1.807, 2.05) is 30.3 Å². The van der Waals surface area contributed by atoms with Crippen LogP contribution in [0.3, 0.4) is 0 Å². The molecule has 0 aliphatic rings. The van der Waals surface area contributed by atoms with E-state index in [1.54, 1.807) is 0 Å². The first-order chi connectivity index (χ1) is 3.39. The predicted molar refractivity (Wildman–Crippen MR) is 34.1 cm³/mol. The first kappa shape index (κ1) is 8.64. The van der Waals surface area contributed by atoms with E-state index in [2.05, 4.69) is 15.9 Å². The maximum atomic E-state index is 3.31. The van der Waals surface area contributed by atoms with Crippen LogP contribution in [0.4, 0.5) is 0 Å². The Hall–Kier alpha value is 0.635. The van der Waals surface area contributed by atoms with Crippen LogP contribution in [0.5, 0.6) is 0 Å². The average molecular weight is 358 g/mol. The van der Waals surface area contributed by atoms with E-state index < -0.39 is 0 Å². The Morgan fingerprint density at radius 1 is 1.00 bits per heavy atom. The summed E-state index contributed by atoms with van der Waals surface area (Å²) in [5, 5.41) is 0. The molecule has 0 bridgehead atoms. The van der Waals surface area contributed by atoms with Crippen molar-refractivity contribution in [1.82, 2.24) is 0 Å². The third-order valence-corrected chi connectivity index (χ3v) is 1.26. The summed E-state index contributed by atoms with van der Waals surface area (Å²) in [6, 6.07) is 9.97. The van der Waals surface area contributed by atoms with Gasteiger partial charge in [-0.1, -0.05) is 34.1 Å². The molecule has 8 heavy (non-hydrogen) atoms. The summed E-state index contributed by atoms with van der Waals surface area (Å²) in [7, 11) is 0. The summed E-state index contributed by atoms with van der Waals surface area (Å²) in [6.07, 6.45) is 0. The van der Waals surface area contributed by atoms with Crippen molar-refractivity contribution in [1.29, 1.82) is 0 Å². The van der Waals surface area contributed by atoms with Crippen LogP contribution in [0.25, 0.3) is 0 Å². The normalized spacial score (nSPS) is 7.62. The smallest absolute Gasteiger partial charge is 0.0175 e. The number of rotatable bonds is 0. The van der Waals surface area contributed by atoms with E-state index in [0.29, 0.717) is 0 Å². The molecule has 0 aromatic heterocycles. The molecule has 0 spiro atoms. The topological polar surface area (TPSA) is 0 Å². The quantitative estimate of drug-likeness (QED) is 0.626. The van der Waals surface area contributed by atoms with Crippen LogP contribution in [-0.2, 0) is 27.7 Å². The van der Waals surface area contributed by atoms with Crippen molar-refractivity contribution in [2.24, 2.45) is 0 Å². The molecule has 0 nitrogen and oxygen atoms in total. The Morgan fingerprint density at radius 3 is 1.75 bits per heavy atom. The molecule has 0 unspecified atom stereocenters. The first-order valence-corrected chi connectivity index (χ1v) is 2.89. The fourth-order valence-electron chi connectivity index (χ4n) is 0.415. The molecular weight excluding hydrogens is 353 g/mol. The molecule has 0 radical (unpaired) electrons. The van der Waals surface area contributed by atoms with Gasteiger partial charge in [0, 0.05) is 32.1 Å². The van der Waals surface area contributed by atoms with Gasteiger partial charge in [0.1, 0.15) is 0 Å². The Kier molecular flexibility index (Phi) is 4.87. The number of hydrogen-bond acceptors (Lipinski definition) is 0. The molecule has 38 valence electrons. The van der Waals surface area contributed by atoms with E-state index in [9.17, 15) is 0 Å². The molecule has 0 saturated carbocycles. The van der Waals surface area contributed by atoms with Gasteiger partial charge in [0.25, 0.3) is 0 Å². The van der Waals surface area contributed by atoms with Gasteiger partial charge in [-0.15, -0.1) is 0 Å². The summed E-state index contributed by atoms with van der Waals surface area (Å²) in [4.78, 5) is 0. The zero-order valence-corrected chi connectivity index (χ0v) is 11.6. The average Bonchev–Trinajstić information content (AvgIpc) is 1.69. The molecular formula is C6H5BrHg. The molecule has 0 N–H and O–H groups in total. The minimum atomic E-state index is 0. The van der Waals surface area contributed by atoms with Crippen LogP contribution in [0, 0.1) is 0 Å². The molecule has 0 fully saturated rings. The Morgan fingerprint density at radius 2 is 1.50 bits per heavy atom. The molecule has 1 aromatic carbocycles. The van der Waals surface area contributed by atoms with Crippen molar-refractivity contribution in [2.45, 2.75) is 0 Å². The van der Waals surface area contributed by atoms with Crippen LogP contribution in [0.2, 0.25) is 0 Å². The number of halogens is 1. The van der Waals surface area contributed by atoms with Crippen LogP contribution in [0.1, 0.15) is 0 Å². The van der Waals surface area contributed by atoms with Crippen LogP contribution in [0.15, 0.2) is 34.8 Å². The number of hydrogen-bond donors (Lipinski definition) is 0. The van der Waals surface area contributed by atoms with Gasteiger partial charge in [-0.2, -0.15) is 0 Å². The van der Waals surface area contributed by atoms with Crippen molar-refractivity contribution in [2.75, 3.05) is 0 Å². The molecule has 2 heteroatoms. The van der Waals surface area contributed by atoms with Gasteiger partial charge in [-0.3, -0.25) is 0 Å². The molecule has 0 heterocycles. The molecule has 0 saturated heterocycles. The largest absolute Gasteiger partial charge is 0.0622 e. The van der Waals surface area contributed by atoms with Gasteiger partial charge >= 0.3 is 0 Å². The summed E-state index contributed by atoms with van der Waals surface area (Å²) < 4.78 is 1.13. The van der Waals surface area contributed by atoms with Gasteiger partial charge in [0.15, 0.2) is 0 Å². The van der Waals surface area contributed by atoms with Gasteiger partial charge in [-0.25, -0.2) is 0 Å². The van der Waals surface area contributed by atoms with E-state index in [1.165, 1.54) is 0 Å². The second-order valence-electron chi connectivity index (χ2n) is 1.30. The van der Waals surface area contributed by atoms with E-state index >= 15 is 0 Å². The maximum Gasteiger partial charge on any atom is 0.0175 e. The fraction of sp³-hybridized carbons (Fsp3) is 0. The summed E-state index contributed by atoms with van der Waals surface area (Å²) in [6.45, 7) is 0. The minimum Gasteiger partial charge on any atom is -0.0622 e. The standard InChI is InChI=1S/C6H5Br.Hg/c7-6-4-2-1-3-5-6;/h1-5H;. The minimum absolute atomic E-state index is 0. The van der Waals surface area contributed by atoms with Crippen molar-refractivity contribution < 1.29 is 27.7 Å². The zero-order chi connectivity index (χ0) is 5.11. The first-order valence-electron chi connectivity index (χ1n) is 2.10. The van der Waals surface area contributed by atoms with E-state index in [0.717, 1.165) is 4.47 Å². The van der Waals surface area contributed by atoms with Crippen molar-refractivity contribution in [3.05, 3.63) is 34.8 Å². The third kappa shape index (κ3) is 2.83. The van der Waals surface area contributed by atoms with Gasteiger partial charge < -0.3 is 0 Å². The summed E-state index contributed by atoms with van der Waals surface area (Å²) >= 11 is 3.31. The zero-order valence-electron chi connectivity index (χ0n) is 4.47. The fourth-order valence-corrected chi connectivity index (χ4v) is 0.720. The van der Waals surface area contributed by atoms with Crippen molar-refractivity contribution in [3.63, 3.8) is 0 Å². The molecule has 0 amide bonds. The van der Waals surface area contributed by atoms with Crippen LogP contribution < -0.4 is 0 Å². The van der Waals surface area contributed by atoms with Crippen molar-refractivity contribution >= 4 is 15.9 Å². The SMILES string of the molecule is Brc1ccccc1.[Hg]. The number of benzene rings is 1. The Labute approximate surface area is 77.9 Å². The molecule has 0 atom stereocenters. The molecule has 0 aliphatic heterocycles. The van der Waals surface area contributed by atoms with E-state index in [4.69, 9.17) is 0 Å². The van der Waals surface area contributed by atoms with Gasteiger partial charge in [0.05, 0.1) is 0 Å². The molecule has 0 aliphatic carbocycles. The predicted octanol–water partition coefficient (Wildman–Crippen LogP) is 2.45. The Balaban J connectivity index is 0.000000490. The molecule has 1 aromatic rings. The van der Waals surface area contributed by atoms with Gasteiger partial charge in [0.2, 0.25) is 0 Å². The molecule has 1 rings (SSSR count).